The van der Waals surface area contributed by atoms with Gasteiger partial charge in [0.2, 0.25) is 5.95 Å². The van der Waals surface area contributed by atoms with Crippen molar-refractivity contribution in [2.45, 2.75) is 12.7 Å². The second-order valence-electron chi connectivity index (χ2n) is 4.08. The van der Waals surface area contributed by atoms with E-state index in [1.807, 2.05) is 5.43 Å². The molecule has 0 atom stereocenters. The highest BCUT2D eigenvalue weighted by Crippen LogP contribution is 2.29. The normalized spacial score (nSPS) is 11.3. The maximum absolute atomic E-state index is 12.7. The molecule has 9 heteroatoms. The van der Waals surface area contributed by atoms with Crippen molar-refractivity contribution in [1.29, 1.82) is 0 Å². The molecular weight excluding hydrogens is 290 g/mol. The van der Waals surface area contributed by atoms with Gasteiger partial charge < -0.3 is 5.32 Å². The molecule has 112 valence electrons. The summed E-state index contributed by atoms with van der Waals surface area (Å²) in [6, 6.07) is 6.30. The van der Waals surface area contributed by atoms with Gasteiger partial charge in [0.1, 0.15) is 11.6 Å². The van der Waals surface area contributed by atoms with Crippen LogP contribution in [0.2, 0.25) is 0 Å². The lowest BCUT2D eigenvalue weighted by Gasteiger charge is -2.11. The minimum absolute atomic E-state index is 0.0467. The summed E-state index contributed by atoms with van der Waals surface area (Å²) in [4.78, 5) is 6.99. The molecule has 0 aliphatic rings. The minimum Gasteiger partial charge on any atom is -0.366 e. The van der Waals surface area contributed by atoms with E-state index in [0.717, 1.165) is 6.07 Å². The summed E-state index contributed by atoms with van der Waals surface area (Å²) in [5.74, 6) is 4.25. The van der Waals surface area contributed by atoms with Gasteiger partial charge in [0.25, 0.3) is 0 Å². The van der Waals surface area contributed by atoms with Crippen LogP contribution in [0.3, 0.4) is 0 Å². The van der Waals surface area contributed by atoms with Crippen LogP contribution in [0.15, 0.2) is 30.3 Å². The molecule has 0 aliphatic carbocycles. The van der Waals surface area contributed by atoms with Crippen molar-refractivity contribution >= 4 is 11.8 Å². The van der Waals surface area contributed by atoms with Crippen LogP contribution in [0.4, 0.5) is 29.3 Å². The molecule has 4 N–H and O–H groups in total. The number of rotatable bonds is 4. The topological polar surface area (TPSA) is 75.9 Å². The second-order valence-corrected chi connectivity index (χ2v) is 4.08. The van der Waals surface area contributed by atoms with E-state index in [-0.39, 0.29) is 18.3 Å². The lowest BCUT2D eigenvalue weighted by atomic mass is 10.2. The monoisotopic (exact) mass is 301 g/mol. The van der Waals surface area contributed by atoms with E-state index in [4.69, 9.17) is 5.84 Å². The molecule has 1 aromatic carbocycles. The van der Waals surface area contributed by atoms with Crippen LogP contribution in [0.25, 0.3) is 0 Å². The number of hydrogen-bond acceptors (Lipinski definition) is 5. The lowest BCUT2D eigenvalue weighted by molar-refractivity contribution is -0.141. The molecule has 0 bridgehead atoms. The predicted molar refractivity (Wildman–Crippen MR) is 68.6 cm³/mol. The standard InChI is InChI=1S/C12H11F4N5/c13-8-3-1-7(2-4-8)6-18-10-5-9(12(14,15)16)19-11(20-10)21-17/h1-5H,6,17H2,(H2,18,19,20,21). The Labute approximate surface area is 117 Å². The van der Waals surface area contributed by atoms with Crippen LogP contribution < -0.4 is 16.6 Å². The van der Waals surface area contributed by atoms with E-state index in [1.165, 1.54) is 24.3 Å². The van der Waals surface area contributed by atoms with Crippen molar-refractivity contribution < 1.29 is 17.6 Å². The second kappa shape index (κ2) is 5.92. The fourth-order valence-corrected chi connectivity index (χ4v) is 1.54. The Kier molecular flexibility index (Phi) is 4.22. The summed E-state index contributed by atoms with van der Waals surface area (Å²) in [5, 5.41) is 2.70. The fraction of sp³-hybridized carbons (Fsp3) is 0.167. The Hall–Kier alpha value is -2.42. The molecule has 5 nitrogen and oxygen atoms in total. The number of nitrogens with two attached hydrogens (primary N) is 1. The number of nitrogens with zero attached hydrogens (tertiary/aromatic N) is 2. The van der Waals surface area contributed by atoms with Crippen molar-refractivity contribution in [2.75, 3.05) is 10.7 Å². The van der Waals surface area contributed by atoms with Gasteiger partial charge >= 0.3 is 6.18 Å². The van der Waals surface area contributed by atoms with Crippen molar-refractivity contribution in [2.24, 2.45) is 5.84 Å². The molecule has 0 saturated heterocycles. The number of hydrazine groups is 1. The average Bonchev–Trinajstić information content (AvgIpc) is 2.45. The van der Waals surface area contributed by atoms with Crippen LogP contribution in [-0.2, 0) is 12.7 Å². The van der Waals surface area contributed by atoms with Crippen LogP contribution in [0, 0.1) is 5.82 Å². The number of aromatic nitrogens is 2. The van der Waals surface area contributed by atoms with Crippen LogP contribution in [0.5, 0.6) is 0 Å². The van der Waals surface area contributed by atoms with E-state index in [1.54, 1.807) is 0 Å². The Bertz CT molecular complexity index is 612. The molecule has 1 heterocycles. The molecule has 2 rings (SSSR count). The first-order chi connectivity index (χ1) is 9.88. The Balaban J connectivity index is 2.17. The highest BCUT2D eigenvalue weighted by atomic mass is 19.4. The summed E-state index contributed by atoms with van der Waals surface area (Å²) in [5.41, 5.74) is 1.54. The Morgan fingerprint density at radius 1 is 1.10 bits per heavy atom. The van der Waals surface area contributed by atoms with E-state index in [2.05, 4.69) is 15.3 Å². The fourth-order valence-electron chi connectivity index (χ4n) is 1.54. The zero-order valence-electron chi connectivity index (χ0n) is 10.6. The smallest absolute Gasteiger partial charge is 0.366 e. The number of nitrogens with one attached hydrogen (secondary N) is 2. The third-order valence-electron chi connectivity index (χ3n) is 2.53. The van der Waals surface area contributed by atoms with E-state index in [9.17, 15) is 17.6 Å². The quantitative estimate of drug-likeness (QED) is 0.459. The van der Waals surface area contributed by atoms with E-state index < -0.39 is 17.7 Å². The van der Waals surface area contributed by atoms with Crippen LogP contribution in [0.1, 0.15) is 11.3 Å². The number of halogens is 4. The largest absolute Gasteiger partial charge is 0.433 e. The highest BCUT2D eigenvalue weighted by molar-refractivity contribution is 5.43. The maximum Gasteiger partial charge on any atom is 0.433 e. The average molecular weight is 301 g/mol. The molecule has 2 aromatic rings. The summed E-state index contributed by atoms with van der Waals surface area (Å²) >= 11 is 0. The third kappa shape index (κ3) is 4.02. The molecular formula is C12H11F4N5. The number of hydrogen-bond donors (Lipinski definition) is 3. The summed E-state index contributed by atoms with van der Waals surface area (Å²) in [6.07, 6.45) is -4.61. The van der Waals surface area contributed by atoms with Gasteiger partial charge in [-0.1, -0.05) is 12.1 Å². The number of nitrogen functional groups attached to an aromatic ring is 1. The Morgan fingerprint density at radius 3 is 2.33 bits per heavy atom. The molecule has 0 spiro atoms. The molecule has 0 unspecified atom stereocenters. The van der Waals surface area contributed by atoms with Gasteiger partial charge in [-0.25, -0.2) is 15.2 Å². The molecule has 21 heavy (non-hydrogen) atoms. The van der Waals surface area contributed by atoms with Gasteiger partial charge in [-0.3, -0.25) is 5.43 Å². The predicted octanol–water partition coefficient (Wildman–Crippen LogP) is 2.53. The van der Waals surface area contributed by atoms with Crippen LogP contribution in [-0.4, -0.2) is 9.97 Å². The molecule has 0 aliphatic heterocycles. The first-order valence-electron chi connectivity index (χ1n) is 5.79. The van der Waals surface area contributed by atoms with Gasteiger partial charge in [0.15, 0.2) is 5.69 Å². The zero-order valence-corrected chi connectivity index (χ0v) is 10.6. The zero-order chi connectivity index (χ0) is 15.5. The van der Waals surface area contributed by atoms with E-state index >= 15 is 0 Å². The molecule has 0 fully saturated rings. The van der Waals surface area contributed by atoms with Gasteiger partial charge in [-0.05, 0) is 17.7 Å². The highest BCUT2D eigenvalue weighted by Gasteiger charge is 2.33. The summed E-state index contributed by atoms with van der Waals surface area (Å²) in [6.45, 7) is 0.179. The maximum atomic E-state index is 12.7. The van der Waals surface area contributed by atoms with Crippen molar-refractivity contribution in [3.63, 3.8) is 0 Å². The molecule has 0 radical (unpaired) electrons. The summed E-state index contributed by atoms with van der Waals surface area (Å²) in [7, 11) is 0. The van der Waals surface area contributed by atoms with Gasteiger partial charge in [0, 0.05) is 12.6 Å². The van der Waals surface area contributed by atoms with Gasteiger partial charge in [-0.2, -0.15) is 18.2 Å². The first kappa shape index (κ1) is 15.0. The Morgan fingerprint density at radius 2 is 1.76 bits per heavy atom. The number of benzene rings is 1. The first-order valence-corrected chi connectivity index (χ1v) is 5.79. The number of anilines is 2. The molecule has 0 saturated carbocycles. The lowest BCUT2D eigenvalue weighted by Crippen LogP contribution is -2.16. The molecule has 1 aromatic heterocycles. The van der Waals surface area contributed by atoms with Crippen molar-refractivity contribution in [3.05, 3.63) is 47.4 Å². The van der Waals surface area contributed by atoms with Crippen molar-refractivity contribution in [3.8, 4) is 0 Å². The summed E-state index contributed by atoms with van der Waals surface area (Å²) < 4.78 is 50.7. The molecule has 0 amide bonds. The number of alkyl halides is 3. The SMILES string of the molecule is NNc1nc(NCc2ccc(F)cc2)cc(C(F)(F)F)n1. The van der Waals surface area contributed by atoms with Gasteiger partial charge in [0.05, 0.1) is 0 Å². The minimum atomic E-state index is -4.61. The van der Waals surface area contributed by atoms with E-state index in [0.29, 0.717) is 5.56 Å². The third-order valence-corrected chi connectivity index (χ3v) is 2.53. The van der Waals surface area contributed by atoms with Gasteiger partial charge in [-0.15, -0.1) is 0 Å². The van der Waals surface area contributed by atoms with Crippen LogP contribution >= 0.6 is 0 Å². The van der Waals surface area contributed by atoms with Crippen molar-refractivity contribution in [1.82, 2.24) is 9.97 Å².